The van der Waals surface area contributed by atoms with Gasteiger partial charge in [-0.05, 0) is 12.2 Å². The molecule has 0 saturated heterocycles. The summed E-state index contributed by atoms with van der Waals surface area (Å²) in [4.78, 5) is 4.16. The Morgan fingerprint density at radius 3 is 2.62 bits per heavy atom. The molecule has 2 N–H and O–H groups in total. The zero-order chi connectivity index (χ0) is 9.84. The lowest BCUT2D eigenvalue weighted by Gasteiger charge is -1.99. The van der Waals surface area contributed by atoms with Crippen molar-refractivity contribution in [2.24, 2.45) is 5.73 Å². The average molecular weight is 201 g/mol. The molecule has 1 aromatic heterocycles. The van der Waals surface area contributed by atoms with Gasteiger partial charge in [0.2, 0.25) is 5.89 Å². The van der Waals surface area contributed by atoms with Crippen LogP contribution in [0.3, 0.4) is 0 Å². The molecule has 5 heteroatoms. The van der Waals surface area contributed by atoms with Gasteiger partial charge in [-0.15, -0.1) is 0 Å². The van der Waals surface area contributed by atoms with E-state index in [0.29, 0.717) is 11.1 Å². The van der Waals surface area contributed by atoms with E-state index in [0.717, 1.165) is 11.6 Å². The quantitative estimate of drug-likeness (QED) is 0.803. The van der Waals surface area contributed by atoms with Crippen LogP contribution in [0.25, 0.3) is 0 Å². The van der Waals surface area contributed by atoms with Crippen LogP contribution in [0.5, 0.6) is 0 Å². The van der Waals surface area contributed by atoms with Gasteiger partial charge >= 0.3 is 0 Å². The summed E-state index contributed by atoms with van der Waals surface area (Å²) in [6.45, 7) is 6.10. The molecule has 0 aromatic carbocycles. The van der Waals surface area contributed by atoms with Gasteiger partial charge in [0.1, 0.15) is 0 Å². The maximum Gasteiger partial charge on any atom is 0.243 e. The van der Waals surface area contributed by atoms with E-state index in [9.17, 15) is 0 Å². The van der Waals surface area contributed by atoms with Gasteiger partial charge in [0.15, 0.2) is 5.82 Å². The highest BCUT2D eigenvalue weighted by Gasteiger charge is 2.10. The third-order valence-corrected chi connectivity index (χ3v) is 2.51. The number of aromatic nitrogens is 2. The molecule has 0 spiro atoms. The molecular formula is C8H15N3OS. The smallest absolute Gasteiger partial charge is 0.243 e. The highest BCUT2D eigenvalue weighted by Crippen LogP contribution is 2.15. The Labute approximate surface area is 82.3 Å². The average Bonchev–Trinajstić information content (AvgIpc) is 2.48. The van der Waals surface area contributed by atoms with Crippen LogP contribution in [-0.2, 0) is 5.75 Å². The summed E-state index contributed by atoms with van der Waals surface area (Å²) in [5.41, 5.74) is 5.58. The monoisotopic (exact) mass is 201 g/mol. The topological polar surface area (TPSA) is 64.9 Å². The summed E-state index contributed by atoms with van der Waals surface area (Å²) in [6, 6.07) is -0.176. The molecule has 0 aliphatic carbocycles. The van der Waals surface area contributed by atoms with Gasteiger partial charge in [-0.2, -0.15) is 16.7 Å². The molecular weight excluding hydrogens is 186 g/mol. The molecule has 0 amide bonds. The lowest BCUT2D eigenvalue weighted by atomic mass is 10.4. The van der Waals surface area contributed by atoms with Gasteiger partial charge < -0.3 is 10.3 Å². The SMILES string of the molecule is CC(C)SCc1noc(C(C)N)n1. The van der Waals surface area contributed by atoms with E-state index in [-0.39, 0.29) is 6.04 Å². The highest BCUT2D eigenvalue weighted by atomic mass is 32.2. The van der Waals surface area contributed by atoms with Crippen LogP contribution in [0.2, 0.25) is 0 Å². The fourth-order valence-electron chi connectivity index (χ4n) is 0.752. The molecule has 0 radical (unpaired) electrons. The Balaban J connectivity index is 2.49. The maximum absolute atomic E-state index is 5.58. The predicted octanol–water partition coefficient (Wildman–Crippen LogP) is 1.73. The first-order valence-electron chi connectivity index (χ1n) is 4.29. The second kappa shape index (κ2) is 4.62. The van der Waals surface area contributed by atoms with Crippen molar-refractivity contribution in [2.75, 3.05) is 0 Å². The van der Waals surface area contributed by atoms with Gasteiger partial charge in [-0.3, -0.25) is 0 Å². The number of hydrogen-bond donors (Lipinski definition) is 1. The van der Waals surface area contributed by atoms with E-state index in [4.69, 9.17) is 10.3 Å². The molecule has 0 aliphatic heterocycles. The Morgan fingerprint density at radius 1 is 1.46 bits per heavy atom. The van der Waals surface area contributed by atoms with Crippen LogP contribution in [-0.4, -0.2) is 15.4 Å². The van der Waals surface area contributed by atoms with Crippen LogP contribution < -0.4 is 5.73 Å². The van der Waals surface area contributed by atoms with Crippen LogP contribution in [0.4, 0.5) is 0 Å². The van der Waals surface area contributed by atoms with E-state index in [1.165, 1.54) is 0 Å². The zero-order valence-corrected chi connectivity index (χ0v) is 8.97. The summed E-state index contributed by atoms with van der Waals surface area (Å²) in [5, 5.41) is 4.40. The Morgan fingerprint density at radius 2 is 2.15 bits per heavy atom. The van der Waals surface area contributed by atoms with E-state index >= 15 is 0 Å². The fraction of sp³-hybridized carbons (Fsp3) is 0.750. The lowest BCUT2D eigenvalue weighted by Crippen LogP contribution is -2.05. The minimum Gasteiger partial charge on any atom is -0.338 e. The molecule has 1 heterocycles. The van der Waals surface area contributed by atoms with Crippen molar-refractivity contribution in [1.82, 2.24) is 10.1 Å². The predicted molar refractivity (Wildman–Crippen MR) is 53.3 cm³/mol. The van der Waals surface area contributed by atoms with E-state index in [1.54, 1.807) is 11.8 Å². The third-order valence-electron chi connectivity index (χ3n) is 1.42. The normalized spacial score (nSPS) is 13.6. The van der Waals surface area contributed by atoms with Crippen LogP contribution in [0.15, 0.2) is 4.52 Å². The number of nitrogens with two attached hydrogens (primary N) is 1. The summed E-state index contributed by atoms with van der Waals surface area (Å²) in [5.74, 6) is 2.03. The summed E-state index contributed by atoms with van der Waals surface area (Å²) < 4.78 is 4.96. The van der Waals surface area contributed by atoms with E-state index in [1.807, 2.05) is 6.92 Å². The lowest BCUT2D eigenvalue weighted by molar-refractivity contribution is 0.358. The molecule has 74 valence electrons. The van der Waals surface area contributed by atoms with Gasteiger partial charge in [-0.1, -0.05) is 19.0 Å². The van der Waals surface area contributed by atoms with Crippen molar-refractivity contribution in [2.45, 2.75) is 37.8 Å². The molecule has 1 atom stereocenters. The van der Waals surface area contributed by atoms with Crippen molar-refractivity contribution >= 4 is 11.8 Å². The summed E-state index contributed by atoms with van der Waals surface area (Å²) in [6.07, 6.45) is 0. The second-order valence-corrected chi connectivity index (χ2v) is 4.76. The van der Waals surface area contributed by atoms with Gasteiger partial charge in [0.05, 0.1) is 11.8 Å². The van der Waals surface area contributed by atoms with Crippen molar-refractivity contribution in [3.05, 3.63) is 11.7 Å². The number of nitrogens with zero attached hydrogens (tertiary/aromatic N) is 2. The molecule has 0 saturated carbocycles. The number of rotatable bonds is 4. The van der Waals surface area contributed by atoms with Crippen molar-refractivity contribution in [3.8, 4) is 0 Å². The number of thioether (sulfide) groups is 1. The Bertz CT molecular complexity index is 260. The molecule has 1 unspecified atom stereocenters. The molecule has 0 aliphatic rings. The highest BCUT2D eigenvalue weighted by molar-refractivity contribution is 7.99. The largest absolute Gasteiger partial charge is 0.338 e. The minimum absolute atomic E-state index is 0.176. The number of hydrogen-bond acceptors (Lipinski definition) is 5. The Hall–Kier alpha value is -0.550. The van der Waals surface area contributed by atoms with Crippen LogP contribution in [0.1, 0.15) is 38.5 Å². The van der Waals surface area contributed by atoms with Crippen LogP contribution in [0, 0.1) is 0 Å². The van der Waals surface area contributed by atoms with Gasteiger partial charge in [0.25, 0.3) is 0 Å². The minimum atomic E-state index is -0.176. The Kier molecular flexibility index (Phi) is 3.74. The molecule has 1 rings (SSSR count). The molecule has 13 heavy (non-hydrogen) atoms. The maximum atomic E-state index is 5.58. The molecule has 0 bridgehead atoms. The second-order valence-electron chi connectivity index (χ2n) is 3.20. The molecule has 1 aromatic rings. The summed E-state index contributed by atoms with van der Waals surface area (Å²) in [7, 11) is 0. The van der Waals surface area contributed by atoms with Gasteiger partial charge in [-0.25, -0.2) is 0 Å². The van der Waals surface area contributed by atoms with E-state index in [2.05, 4.69) is 24.0 Å². The summed E-state index contributed by atoms with van der Waals surface area (Å²) >= 11 is 1.78. The van der Waals surface area contributed by atoms with E-state index < -0.39 is 0 Å². The van der Waals surface area contributed by atoms with Crippen molar-refractivity contribution in [3.63, 3.8) is 0 Å². The van der Waals surface area contributed by atoms with Crippen molar-refractivity contribution < 1.29 is 4.52 Å². The molecule has 4 nitrogen and oxygen atoms in total. The van der Waals surface area contributed by atoms with Crippen LogP contribution >= 0.6 is 11.8 Å². The molecule has 0 fully saturated rings. The fourth-order valence-corrected chi connectivity index (χ4v) is 1.35. The van der Waals surface area contributed by atoms with Gasteiger partial charge in [0, 0.05) is 0 Å². The first kappa shape index (κ1) is 10.5. The first-order chi connectivity index (χ1) is 6.09. The van der Waals surface area contributed by atoms with Crippen molar-refractivity contribution in [1.29, 1.82) is 0 Å². The standard InChI is InChI=1S/C8H15N3OS/c1-5(2)13-4-7-10-8(6(3)9)12-11-7/h5-6H,4,9H2,1-3H3. The third kappa shape index (κ3) is 3.36. The first-order valence-corrected chi connectivity index (χ1v) is 5.34. The zero-order valence-electron chi connectivity index (χ0n) is 8.15.